The highest BCUT2D eigenvalue weighted by molar-refractivity contribution is 6.30. The zero-order valence-corrected chi connectivity index (χ0v) is 14.9. The van der Waals surface area contributed by atoms with Gasteiger partial charge in [-0.1, -0.05) is 36.7 Å². The Bertz CT molecular complexity index is 670. The van der Waals surface area contributed by atoms with E-state index < -0.39 is 0 Å². The highest BCUT2D eigenvalue weighted by Gasteiger charge is 2.08. The van der Waals surface area contributed by atoms with Gasteiger partial charge in [-0.2, -0.15) is 0 Å². The first kappa shape index (κ1) is 18.1. The molecule has 0 aliphatic rings. The predicted molar refractivity (Wildman–Crippen MR) is 95.7 cm³/mol. The van der Waals surface area contributed by atoms with Crippen LogP contribution in [-0.2, 0) is 6.54 Å². The Balaban J connectivity index is 1.70. The molecule has 1 aromatic heterocycles. The summed E-state index contributed by atoms with van der Waals surface area (Å²) in [6.45, 7) is 5.79. The van der Waals surface area contributed by atoms with Gasteiger partial charge in [-0.3, -0.25) is 4.99 Å². The summed E-state index contributed by atoms with van der Waals surface area (Å²) in [4.78, 5) is 4.16. The Morgan fingerprint density at radius 1 is 1.33 bits per heavy atom. The van der Waals surface area contributed by atoms with Crippen molar-refractivity contribution in [3.05, 3.63) is 46.8 Å². The van der Waals surface area contributed by atoms with Crippen molar-refractivity contribution in [2.75, 3.05) is 20.2 Å². The molecular weight excluding hydrogens is 328 g/mol. The maximum absolute atomic E-state index is 5.91. The number of benzene rings is 1. The largest absolute Gasteiger partial charge is 0.492 e. The predicted octanol–water partition coefficient (Wildman–Crippen LogP) is 3.20. The fourth-order valence-corrected chi connectivity index (χ4v) is 2.15. The maximum atomic E-state index is 5.91. The number of nitrogens with one attached hydrogen (secondary N) is 2. The van der Waals surface area contributed by atoms with Crippen LogP contribution in [0.5, 0.6) is 5.75 Å². The topological polar surface area (TPSA) is 71.7 Å². The van der Waals surface area contributed by atoms with E-state index in [9.17, 15) is 0 Å². The van der Waals surface area contributed by atoms with Crippen LogP contribution < -0.4 is 15.4 Å². The molecule has 2 aromatic rings. The fourth-order valence-electron chi connectivity index (χ4n) is 1.97. The van der Waals surface area contributed by atoms with E-state index in [1.165, 1.54) is 0 Å². The van der Waals surface area contributed by atoms with Crippen LogP contribution in [0.4, 0.5) is 0 Å². The van der Waals surface area contributed by atoms with Crippen LogP contribution in [-0.4, -0.2) is 31.3 Å². The molecule has 1 heterocycles. The number of aliphatic imine (C=N–C) groups is 1. The summed E-state index contributed by atoms with van der Waals surface area (Å²) in [6, 6.07) is 9.27. The number of rotatable bonds is 7. The zero-order chi connectivity index (χ0) is 17.4. The molecule has 0 unspecified atom stereocenters. The normalized spacial score (nSPS) is 11.6. The lowest BCUT2D eigenvalue weighted by molar-refractivity contribution is 0.321. The minimum absolute atomic E-state index is 0.351. The van der Waals surface area contributed by atoms with Crippen LogP contribution in [0.2, 0.25) is 5.02 Å². The molecule has 0 bridgehead atoms. The average molecular weight is 351 g/mol. The average Bonchev–Trinajstić information content (AvgIpc) is 3.03. The molecule has 0 atom stereocenters. The molecule has 0 saturated heterocycles. The van der Waals surface area contributed by atoms with Gasteiger partial charge in [-0.25, -0.2) is 0 Å². The van der Waals surface area contributed by atoms with Crippen LogP contribution in [0.25, 0.3) is 0 Å². The summed E-state index contributed by atoms with van der Waals surface area (Å²) in [5.41, 5.74) is 0.949. The first-order valence-corrected chi connectivity index (χ1v) is 8.24. The van der Waals surface area contributed by atoms with E-state index in [0.29, 0.717) is 36.6 Å². The minimum atomic E-state index is 0.351. The van der Waals surface area contributed by atoms with Gasteiger partial charge >= 0.3 is 0 Å². The van der Waals surface area contributed by atoms with E-state index in [0.717, 1.165) is 17.2 Å². The highest BCUT2D eigenvalue weighted by Crippen LogP contribution is 2.16. The minimum Gasteiger partial charge on any atom is -0.492 e. The van der Waals surface area contributed by atoms with Crippen molar-refractivity contribution in [2.45, 2.75) is 26.3 Å². The molecule has 0 aliphatic carbocycles. The van der Waals surface area contributed by atoms with Gasteiger partial charge in [-0.15, -0.1) is 0 Å². The second kappa shape index (κ2) is 9.17. The van der Waals surface area contributed by atoms with Gasteiger partial charge in [0.2, 0.25) is 0 Å². The monoisotopic (exact) mass is 350 g/mol. The Morgan fingerprint density at radius 2 is 2.17 bits per heavy atom. The summed E-state index contributed by atoms with van der Waals surface area (Å²) in [5.74, 6) is 2.54. The van der Waals surface area contributed by atoms with Gasteiger partial charge in [0.1, 0.15) is 12.4 Å². The molecule has 0 amide bonds. The fraction of sp³-hybridized carbons (Fsp3) is 0.412. The first-order valence-electron chi connectivity index (χ1n) is 7.87. The van der Waals surface area contributed by atoms with Gasteiger partial charge < -0.3 is 19.9 Å². The number of hydrogen-bond donors (Lipinski definition) is 2. The molecular formula is C17H23ClN4O2. The molecule has 7 heteroatoms. The molecule has 0 aliphatic heterocycles. The third kappa shape index (κ3) is 5.77. The van der Waals surface area contributed by atoms with Gasteiger partial charge in [0.15, 0.2) is 11.7 Å². The van der Waals surface area contributed by atoms with Crippen LogP contribution in [0, 0.1) is 0 Å². The Morgan fingerprint density at radius 3 is 2.83 bits per heavy atom. The van der Waals surface area contributed by atoms with E-state index in [2.05, 4.69) is 34.6 Å². The number of hydrogen-bond acceptors (Lipinski definition) is 4. The molecule has 24 heavy (non-hydrogen) atoms. The van der Waals surface area contributed by atoms with E-state index in [1.54, 1.807) is 13.1 Å². The Hall–Kier alpha value is -2.21. The van der Waals surface area contributed by atoms with Gasteiger partial charge in [-0.05, 0) is 24.1 Å². The van der Waals surface area contributed by atoms with Crippen molar-refractivity contribution in [1.82, 2.24) is 15.8 Å². The zero-order valence-electron chi connectivity index (χ0n) is 14.2. The van der Waals surface area contributed by atoms with Gasteiger partial charge in [0.05, 0.1) is 18.8 Å². The standard InChI is InChI=1S/C17H23ClN4O2/c1-12(2)16-10-15(24-22-16)11-21-17(19-3)20-7-8-23-14-6-4-5-13(18)9-14/h4-6,9-10,12H,7-8,11H2,1-3H3,(H2,19,20,21). The summed E-state index contributed by atoms with van der Waals surface area (Å²) in [5, 5.41) is 11.0. The van der Waals surface area contributed by atoms with E-state index in [1.807, 2.05) is 24.3 Å². The summed E-state index contributed by atoms with van der Waals surface area (Å²) < 4.78 is 10.9. The second-order valence-electron chi connectivity index (χ2n) is 5.53. The molecule has 0 spiro atoms. The van der Waals surface area contributed by atoms with Crippen molar-refractivity contribution in [3.8, 4) is 5.75 Å². The van der Waals surface area contributed by atoms with Crippen LogP contribution in [0.3, 0.4) is 0 Å². The van der Waals surface area contributed by atoms with Crippen molar-refractivity contribution in [2.24, 2.45) is 4.99 Å². The Kier molecular flexibility index (Phi) is 6.93. The van der Waals surface area contributed by atoms with E-state index in [-0.39, 0.29) is 0 Å². The number of halogens is 1. The van der Waals surface area contributed by atoms with E-state index in [4.69, 9.17) is 20.9 Å². The first-order chi connectivity index (χ1) is 11.6. The van der Waals surface area contributed by atoms with Gasteiger partial charge in [0, 0.05) is 18.1 Å². The number of ether oxygens (including phenoxy) is 1. The molecule has 0 radical (unpaired) electrons. The maximum Gasteiger partial charge on any atom is 0.191 e. The highest BCUT2D eigenvalue weighted by atomic mass is 35.5. The Labute approximate surface area is 147 Å². The lowest BCUT2D eigenvalue weighted by Gasteiger charge is -2.11. The SMILES string of the molecule is CN=C(NCCOc1cccc(Cl)c1)NCc1cc(C(C)C)no1. The van der Waals surface area contributed by atoms with Crippen molar-refractivity contribution >= 4 is 17.6 Å². The smallest absolute Gasteiger partial charge is 0.191 e. The van der Waals surface area contributed by atoms with Crippen molar-refractivity contribution in [1.29, 1.82) is 0 Å². The molecule has 0 saturated carbocycles. The van der Waals surface area contributed by atoms with Crippen molar-refractivity contribution in [3.63, 3.8) is 0 Å². The molecule has 0 fully saturated rings. The summed E-state index contributed by atoms with van der Waals surface area (Å²) in [7, 11) is 1.72. The molecule has 130 valence electrons. The number of guanidine groups is 1. The third-order valence-corrected chi connectivity index (χ3v) is 3.52. The van der Waals surface area contributed by atoms with Gasteiger partial charge in [0.25, 0.3) is 0 Å². The van der Waals surface area contributed by atoms with Crippen LogP contribution in [0.15, 0.2) is 39.8 Å². The van der Waals surface area contributed by atoms with Crippen molar-refractivity contribution < 1.29 is 9.26 Å². The van der Waals surface area contributed by atoms with E-state index >= 15 is 0 Å². The lowest BCUT2D eigenvalue weighted by atomic mass is 10.1. The summed E-state index contributed by atoms with van der Waals surface area (Å²) >= 11 is 5.91. The lowest BCUT2D eigenvalue weighted by Crippen LogP contribution is -2.38. The second-order valence-corrected chi connectivity index (χ2v) is 5.97. The number of nitrogens with zero attached hydrogens (tertiary/aromatic N) is 2. The quantitative estimate of drug-likeness (QED) is 0.456. The molecule has 2 rings (SSSR count). The summed E-state index contributed by atoms with van der Waals surface area (Å²) in [6.07, 6.45) is 0. The molecule has 1 aromatic carbocycles. The molecule has 6 nitrogen and oxygen atoms in total. The van der Waals surface area contributed by atoms with Crippen LogP contribution >= 0.6 is 11.6 Å². The number of aromatic nitrogens is 1. The third-order valence-electron chi connectivity index (χ3n) is 3.28. The molecule has 2 N–H and O–H groups in total. The van der Waals surface area contributed by atoms with Crippen LogP contribution in [0.1, 0.15) is 31.2 Å².